The monoisotopic (exact) mass is 469 g/mol. The molecule has 2 aliphatic rings. The topological polar surface area (TPSA) is 69.4 Å². The number of benzene rings is 1. The van der Waals surface area contributed by atoms with Crippen molar-refractivity contribution >= 4 is 11.5 Å². The molecule has 0 radical (unpaired) electrons. The number of amides is 1. The summed E-state index contributed by atoms with van der Waals surface area (Å²) < 4.78 is 6.63. The zero-order chi connectivity index (χ0) is 24.5. The molecule has 0 spiro atoms. The van der Waals surface area contributed by atoms with E-state index in [0.29, 0.717) is 19.5 Å². The van der Waals surface area contributed by atoms with Gasteiger partial charge in [-0.1, -0.05) is 17.7 Å². The Labute approximate surface area is 206 Å². The normalized spacial score (nSPS) is 15.3. The highest BCUT2D eigenvalue weighted by Crippen LogP contribution is 2.42. The van der Waals surface area contributed by atoms with Crippen LogP contribution in [-0.4, -0.2) is 36.0 Å². The van der Waals surface area contributed by atoms with Crippen molar-refractivity contribution < 1.29 is 14.3 Å². The van der Waals surface area contributed by atoms with Gasteiger partial charge in [-0.3, -0.25) is 9.78 Å². The molecule has 3 aromatic rings. The molecule has 1 saturated heterocycles. The summed E-state index contributed by atoms with van der Waals surface area (Å²) in [4.78, 5) is 19.8. The van der Waals surface area contributed by atoms with Crippen molar-refractivity contribution in [2.24, 2.45) is 0 Å². The van der Waals surface area contributed by atoms with E-state index in [1.165, 1.54) is 45.8 Å². The fourth-order valence-electron chi connectivity index (χ4n) is 5.37. The van der Waals surface area contributed by atoms with Crippen LogP contribution >= 0.6 is 0 Å². The van der Waals surface area contributed by atoms with Gasteiger partial charge in [-0.05, 0) is 73.4 Å². The summed E-state index contributed by atoms with van der Waals surface area (Å²) in [6.45, 7) is 5.56. The van der Waals surface area contributed by atoms with E-state index in [2.05, 4.69) is 32.0 Å². The second-order valence-electron chi connectivity index (χ2n) is 9.62. The molecule has 1 aliphatic heterocycles. The summed E-state index contributed by atoms with van der Waals surface area (Å²) >= 11 is 0. The molecular formula is C29H31N3O3. The third kappa shape index (κ3) is 4.65. The van der Waals surface area contributed by atoms with Gasteiger partial charge in [0, 0.05) is 42.6 Å². The smallest absolute Gasteiger partial charge is 0.227 e. The van der Waals surface area contributed by atoms with Crippen LogP contribution in [-0.2, 0) is 24.1 Å². The second kappa shape index (κ2) is 9.53. The number of likely N-dealkylation sites (tertiary alicyclic amines) is 1. The van der Waals surface area contributed by atoms with Crippen LogP contribution in [0.3, 0.4) is 0 Å². The Bertz CT molecular complexity index is 1300. The van der Waals surface area contributed by atoms with Gasteiger partial charge >= 0.3 is 0 Å². The number of fused-ring (bicyclic) bond motifs is 2. The standard InChI is InChI=1S/C29H31N3O3/c1-19-14-23-4-5-24-15-20(2)18-30-29(24)28(27(23)25(16-19)35-3)22-8-10-31(11-9-22)26(33)17-21-6-12-32(34)13-7-21/h6-7,12-16,18H,4-5,8-11,17H2,1-3H3. The van der Waals surface area contributed by atoms with Gasteiger partial charge in [-0.25, -0.2) is 0 Å². The minimum absolute atomic E-state index is 0.0984. The first kappa shape index (κ1) is 23.1. The van der Waals surface area contributed by atoms with E-state index in [0.717, 1.165) is 53.0 Å². The van der Waals surface area contributed by atoms with Crippen LogP contribution in [0.5, 0.6) is 5.75 Å². The zero-order valence-electron chi connectivity index (χ0n) is 20.6. The molecule has 0 unspecified atom stereocenters. The number of aryl methyl sites for hydroxylation is 4. The summed E-state index contributed by atoms with van der Waals surface area (Å²) in [6.07, 6.45) is 8.66. The van der Waals surface area contributed by atoms with E-state index in [9.17, 15) is 10.0 Å². The molecule has 0 saturated carbocycles. The lowest BCUT2D eigenvalue weighted by Gasteiger charge is -2.31. The molecule has 6 heteroatoms. The zero-order valence-corrected chi connectivity index (χ0v) is 20.6. The molecule has 2 aromatic heterocycles. The Balaban J connectivity index is 1.49. The first-order valence-electron chi connectivity index (χ1n) is 12.2. The summed E-state index contributed by atoms with van der Waals surface area (Å²) in [7, 11) is 1.74. The Morgan fingerprint density at radius 3 is 2.43 bits per heavy atom. The van der Waals surface area contributed by atoms with Crippen molar-refractivity contribution in [2.45, 2.75) is 46.0 Å². The quantitative estimate of drug-likeness (QED) is 0.428. The van der Waals surface area contributed by atoms with Crippen LogP contribution < -0.4 is 9.47 Å². The average Bonchev–Trinajstić information content (AvgIpc) is 3.01. The third-order valence-corrected chi connectivity index (χ3v) is 7.10. The summed E-state index contributed by atoms with van der Waals surface area (Å²) in [5.41, 5.74) is 10.6. The molecule has 180 valence electrons. The van der Waals surface area contributed by atoms with Gasteiger partial charge in [-0.15, -0.1) is 0 Å². The summed E-state index contributed by atoms with van der Waals surface area (Å²) in [5.74, 6) is 0.997. The van der Waals surface area contributed by atoms with Gasteiger partial charge in [0.1, 0.15) is 5.75 Å². The van der Waals surface area contributed by atoms with Crippen molar-refractivity contribution in [1.82, 2.24) is 9.88 Å². The molecule has 1 aliphatic carbocycles. The van der Waals surface area contributed by atoms with Gasteiger partial charge in [0.05, 0.1) is 19.2 Å². The molecule has 1 fully saturated rings. The first-order chi connectivity index (χ1) is 16.9. The minimum atomic E-state index is 0.0984. The number of rotatable bonds is 3. The summed E-state index contributed by atoms with van der Waals surface area (Å²) in [6, 6.07) is 10.1. The van der Waals surface area contributed by atoms with E-state index in [4.69, 9.17) is 9.72 Å². The molecule has 1 amide bonds. The number of aromatic nitrogens is 2. The second-order valence-corrected chi connectivity index (χ2v) is 9.62. The van der Waals surface area contributed by atoms with E-state index in [-0.39, 0.29) is 5.91 Å². The van der Waals surface area contributed by atoms with Crippen LogP contribution in [0.15, 0.2) is 54.5 Å². The van der Waals surface area contributed by atoms with Crippen molar-refractivity contribution in [1.29, 1.82) is 0 Å². The SMILES string of the molecule is COc1cc(C)cc2c1C(=C1CCN(C(=O)Cc3cc[n+]([O-])cc3)CC1)c1ncc(C)cc1CC2. The van der Waals surface area contributed by atoms with Gasteiger partial charge in [0.15, 0.2) is 12.4 Å². The van der Waals surface area contributed by atoms with Gasteiger partial charge in [0.25, 0.3) is 0 Å². The van der Waals surface area contributed by atoms with Crippen LogP contribution in [0.1, 0.15) is 51.9 Å². The van der Waals surface area contributed by atoms with Gasteiger partial charge < -0.3 is 14.8 Å². The highest BCUT2D eigenvalue weighted by Gasteiger charge is 2.29. The molecule has 1 aromatic carbocycles. The van der Waals surface area contributed by atoms with Crippen LogP contribution in [0, 0.1) is 19.1 Å². The predicted molar refractivity (Wildman–Crippen MR) is 135 cm³/mol. The molecule has 6 nitrogen and oxygen atoms in total. The lowest BCUT2D eigenvalue weighted by Crippen LogP contribution is -2.37. The maximum atomic E-state index is 13.0. The number of carbonyl (C=O) groups excluding carboxylic acids is 1. The third-order valence-electron chi connectivity index (χ3n) is 7.10. The minimum Gasteiger partial charge on any atom is -0.619 e. The number of nitrogens with zero attached hydrogens (tertiary/aromatic N) is 3. The first-order valence-corrected chi connectivity index (χ1v) is 12.2. The molecule has 3 heterocycles. The number of carbonyl (C=O) groups is 1. The number of piperidine rings is 1. The number of hydrogen-bond donors (Lipinski definition) is 0. The molecule has 35 heavy (non-hydrogen) atoms. The van der Waals surface area contributed by atoms with Crippen LogP contribution in [0.25, 0.3) is 5.57 Å². The molecular weight excluding hydrogens is 438 g/mol. The fourth-order valence-corrected chi connectivity index (χ4v) is 5.37. The number of methoxy groups -OCH3 is 1. The fraction of sp³-hybridized carbons (Fsp3) is 0.345. The van der Waals surface area contributed by atoms with E-state index in [1.54, 1.807) is 19.2 Å². The molecule has 0 N–H and O–H groups in total. The van der Waals surface area contributed by atoms with Gasteiger partial charge in [-0.2, -0.15) is 4.73 Å². The predicted octanol–water partition coefficient (Wildman–Crippen LogP) is 4.11. The van der Waals surface area contributed by atoms with Crippen LogP contribution in [0.4, 0.5) is 0 Å². The highest BCUT2D eigenvalue weighted by molar-refractivity contribution is 5.88. The number of hydrogen-bond acceptors (Lipinski definition) is 4. The average molecular weight is 470 g/mol. The molecule has 0 atom stereocenters. The summed E-state index contributed by atoms with van der Waals surface area (Å²) in [5, 5.41) is 11.3. The Hall–Kier alpha value is -3.67. The number of pyridine rings is 2. The maximum absolute atomic E-state index is 13.0. The van der Waals surface area contributed by atoms with Crippen molar-refractivity contribution in [3.63, 3.8) is 0 Å². The Morgan fingerprint density at radius 1 is 1.03 bits per heavy atom. The number of ether oxygens (including phenoxy) is 1. The van der Waals surface area contributed by atoms with Crippen molar-refractivity contribution in [3.8, 4) is 5.75 Å². The van der Waals surface area contributed by atoms with E-state index in [1.807, 2.05) is 11.1 Å². The van der Waals surface area contributed by atoms with Crippen molar-refractivity contribution in [3.05, 3.63) is 98.8 Å². The molecule has 0 bridgehead atoms. The lowest BCUT2D eigenvalue weighted by atomic mass is 9.87. The maximum Gasteiger partial charge on any atom is 0.227 e. The Morgan fingerprint density at radius 2 is 1.71 bits per heavy atom. The van der Waals surface area contributed by atoms with Crippen LogP contribution in [0.2, 0.25) is 0 Å². The van der Waals surface area contributed by atoms with E-state index < -0.39 is 0 Å². The van der Waals surface area contributed by atoms with Gasteiger partial charge in [0.2, 0.25) is 5.91 Å². The molecule has 5 rings (SSSR count). The largest absolute Gasteiger partial charge is 0.619 e. The Kier molecular flexibility index (Phi) is 6.29. The lowest BCUT2D eigenvalue weighted by molar-refractivity contribution is -0.605. The van der Waals surface area contributed by atoms with Crippen molar-refractivity contribution in [2.75, 3.05) is 20.2 Å². The van der Waals surface area contributed by atoms with E-state index >= 15 is 0 Å². The highest BCUT2D eigenvalue weighted by atomic mass is 16.5.